The predicted octanol–water partition coefficient (Wildman–Crippen LogP) is 3.50. The van der Waals surface area contributed by atoms with Gasteiger partial charge in [0.2, 0.25) is 5.95 Å². The molecule has 0 aliphatic heterocycles. The van der Waals surface area contributed by atoms with Gasteiger partial charge in [-0.2, -0.15) is 13.2 Å². The second-order valence-electron chi connectivity index (χ2n) is 7.00. The topological polar surface area (TPSA) is 103 Å². The lowest BCUT2D eigenvalue weighted by Gasteiger charge is -2.17. The zero-order chi connectivity index (χ0) is 22.6. The Kier molecular flexibility index (Phi) is 7.21. The van der Waals surface area contributed by atoms with Crippen LogP contribution in [0.4, 0.5) is 24.8 Å². The van der Waals surface area contributed by atoms with Gasteiger partial charge in [0.25, 0.3) is 0 Å². The molecule has 31 heavy (non-hydrogen) atoms. The number of hydrogen-bond acceptors (Lipinski definition) is 8. The van der Waals surface area contributed by atoms with Crippen LogP contribution in [-0.4, -0.2) is 43.9 Å². The summed E-state index contributed by atoms with van der Waals surface area (Å²) in [5, 5.41) is 25.5. The Morgan fingerprint density at radius 1 is 1.19 bits per heavy atom. The van der Waals surface area contributed by atoms with Gasteiger partial charge in [0.1, 0.15) is 10.7 Å². The number of aliphatic hydroxyl groups is 2. The third-order valence-corrected chi connectivity index (χ3v) is 5.46. The smallest absolute Gasteiger partial charge is 0.395 e. The zero-order valence-corrected chi connectivity index (χ0v) is 17.6. The highest BCUT2D eigenvalue weighted by atomic mass is 32.1. The number of halogens is 3. The number of alkyl halides is 3. The Morgan fingerprint density at radius 2 is 1.97 bits per heavy atom. The second-order valence-corrected chi connectivity index (χ2v) is 8.12. The molecule has 0 bridgehead atoms. The molecule has 166 valence electrons. The summed E-state index contributed by atoms with van der Waals surface area (Å²) >= 11 is 1.44. The largest absolute Gasteiger partial charge is 0.433 e. The van der Waals surface area contributed by atoms with Gasteiger partial charge < -0.3 is 20.8 Å². The number of aliphatic hydroxyl groups excluding tert-OH is 2. The number of aryl methyl sites for hydroxylation is 1. The Morgan fingerprint density at radius 3 is 2.65 bits per heavy atom. The highest BCUT2D eigenvalue weighted by Crippen LogP contribution is 2.31. The Labute approximate surface area is 181 Å². The molecule has 0 unspecified atom stereocenters. The lowest BCUT2D eigenvalue weighted by atomic mass is 10.1. The van der Waals surface area contributed by atoms with E-state index in [0.29, 0.717) is 12.2 Å². The van der Waals surface area contributed by atoms with Crippen molar-refractivity contribution in [1.82, 2.24) is 20.3 Å². The fraction of sp³-hybridized carbons (Fsp3) is 0.350. The van der Waals surface area contributed by atoms with Crippen molar-refractivity contribution >= 4 is 23.0 Å². The molecule has 1 aromatic carbocycles. The Balaban J connectivity index is 1.77. The van der Waals surface area contributed by atoms with Crippen molar-refractivity contribution in [2.24, 2.45) is 0 Å². The molecular weight excluding hydrogens is 431 g/mol. The summed E-state index contributed by atoms with van der Waals surface area (Å²) in [6.07, 6.45) is -2.48. The van der Waals surface area contributed by atoms with E-state index < -0.39 is 24.0 Å². The number of benzene rings is 1. The monoisotopic (exact) mass is 453 g/mol. The first-order valence-corrected chi connectivity index (χ1v) is 10.2. The van der Waals surface area contributed by atoms with Crippen molar-refractivity contribution in [3.05, 3.63) is 52.9 Å². The van der Waals surface area contributed by atoms with E-state index in [1.165, 1.54) is 11.3 Å². The lowest BCUT2D eigenvalue weighted by molar-refractivity contribution is -0.141. The maximum Gasteiger partial charge on any atom is 0.433 e. The molecule has 0 amide bonds. The summed E-state index contributed by atoms with van der Waals surface area (Å²) in [6, 6.07) is 5.88. The summed E-state index contributed by atoms with van der Waals surface area (Å²) in [4.78, 5) is 12.6. The second kappa shape index (κ2) is 9.69. The van der Waals surface area contributed by atoms with E-state index in [0.717, 1.165) is 33.3 Å². The van der Waals surface area contributed by atoms with Gasteiger partial charge in [0, 0.05) is 24.6 Å². The highest BCUT2D eigenvalue weighted by molar-refractivity contribution is 7.15. The molecule has 3 rings (SSSR count). The van der Waals surface area contributed by atoms with E-state index in [2.05, 4.69) is 25.6 Å². The van der Waals surface area contributed by atoms with Crippen LogP contribution in [-0.2, 0) is 12.7 Å². The molecule has 2 heterocycles. The Hall–Kier alpha value is -2.60. The zero-order valence-electron chi connectivity index (χ0n) is 16.8. The van der Waals surface area contributed by atoms with Crippen LogP contribution in [0.2, 0.25) is 0 Å². The maximum atomic E-state index is 12.9. The first kappa shape index (κ1) is 23.1. The minimum absolute atomic E-state index is 0.145. The van der Waals surface area contributed by atoms with Crippen LogP contribution in [0.3, 0.4) is 0 Å². The summed E-state index contributed by atoms with van der Waals surface area (Å²) in [5.74, 6) is -0.145. The molecule has 11 heteroatoms. The van der Waals surface area contributed by atoms with E-state index in [4.69, 9.17) is 0 Å². The fourth-order valence-corrected chi connectivity index (χ4v) is 3.69. The number of hydrogen-bond donors (Lipinski definition) is 4. The van der Waals surface area contributed by atoms with Crippen molar-refractivity contribution < 1.29 is 23.4 Å². The average Bonchev–Trinajstić information content (AvgIpc) is 3.16. The van der Waals surface area contributed by atoms with Crippen LogP contribution in [0.15, 0.2) is 36.7 Å². The van der Waals surface area contributed by atoms with Crippen LogP contribution in [0.5, 0.6) is 0 Å². The SMILES string of the molecule is Cc1cc(Nc2nccc(C(F)(F)F)n2)cc(-c2cnc(CN[C@@H](CO)[C@H](C)O)s2)c1. The molecule has 2 aromatic heterocycles. The number of anilines is 2. The average molecular weight is 453 g/mol. The summed E-state index contributed by atoms with van der Waals surface area (Å²) in [7, 11) is 0. The van der Waals surface area contributed by atoms with Gasteiger partial charge in [-0.05, 0) is 43.2 Å². The standard InChI is InChI=1S/C20H22F3N5O2S/c1-11-5-13(16-8-26-18(31-16)9-25-15(10-29)12(2)30)7-14(6-11)27-19-24-4-3-17(28-19)20(21,22)23/h3-8,12,15,25,29-30H,9-10H2,1-2H3,(H,24,27,28)/t12-,15-/m0/s1. The summed E-state index contributed by atoms with van der Waals surface area (Å²) < 4.78 is 38.6. The van der Waals surface area contributed by atoms with E-state index in [-0.39, 0.29) is 12.6 Å². The summed E-state index contributed by atoms with van der Waals surface area (Å²) in [5.41, 5.74) is 1.27. The highest BCUT2D eigenvalue weighted by Gasteiger charge is 2.32. The van der Waals surface area contributed by atoms with E-state index >= 15 is 0 Å². The molecule has 0 fully saturated rings. The van der Waals surface area contributed by atoms with Gasteiger partial charge in [-0.25, -0.2) is 15.0 Å². The molecule has 0 saturated heterocycles. The molecule has 0 radical (unpaired) electrons. The van der Waals surface area contributed by atoms with Gasteiger partial charge in [-0.3, -0.25) is 0 Å². The van der Waals surface area contributed by atoms with Crippen molar-refractivity contribution in [1.29, 1.82) is 0 Å². The van der Waals surface area contributed by atoms with Gasteiger partial charge >= 0.3 is 6.18 Å². The van der Waals surface area contributed by atoms with Crippen molar-refractivity contribution in [2.75, 3.05) is 11.9 Å². The van der Waals surface area contributed by atoms with Crippen LogP contribution in [0.1, 0.15) is 23.2 Å². The fourth-order valence-electron chi connectivity index (χ4n) is 2.83. The van der Waals surface area contributed by atoms with Crippen molar-refractivity contribution in [3.8, 4) is 10.4 Å². The van der Waals surface area contributed by atoms with Crippen molar-refractivity contribution in [3.63, 3.8) is 0 Å². The minimum atomic E-state index is -4.55. The van der Waals surface area contributed by atoms with Crippen LogP contribution < -0.4 is 10.6 Å². The molecule has 0 aliphatic rings. The number of rotatable bonds is 8. The van der Waals surface area contributed by atoms with Gasteiger partial charge in [-0.1, -0.05) is 6.07 Å². The maximum absolute atomic E-state index is 12.9. The molecule has 4 N–H and O–H groups in total. The van der Waals surface area contributed by atoms with E-state index in [1.54, 1.807) is 25.3 Å². The molecular formula is C20H22F3N5O2S. The third kappa shape index (κ3) is 6.20. The third-order valence-electron chi connectivity index (χ3n) is 4.41. The quantitative estimate of drug-likeness (QED) is 0.414. The first-order chi connectivity index (χ1) is 14.7. The van der Waals surface area contributed by atoms with Crippen LogP contribution in [0.25, 0.3) is 10.4 Å². The van der Waals surface area contributed by atoms with E-state index in [9.17, 15) is 23.4 Å². The molecule has 3 aromatic rings. The molecule has 0 spiro atoms. The molecule has 7 nitrogen and oxygen atoms in total. The van der Waals surface area contributed by atoms with Crippen LogP contribution in [0, 0.1) is 6.92 Å². The predicted molar refractivity (Wildman–Crippen MR) is 112 cm³/mol. The molecule has 0 saturated carbocycles. The molecule has 2 atom stereocenters. The van der Waals surface area contributed by atoms with E-state index in [1.807, 2.05) is 13.0 Å². The number of nitrogens with one attached hydrogen (secondary N) is 2. The number of nitrogens with zero attached hydrogens (tertiary/aromatic N) is 3. The number of aromatic nitrogens is 3. The van der Waals surface area contributed by atoms with Crippen LogP contribution >= 0.6 is 11.3 Å². The van der Waals surface area contributed by atoms with Gasteiger partial charge in [0.05, 0.1) is 23.6 Å². The minimum Gasteiger partial charge on any atom is -0.395 e. The Bertz CT molecular complexity index is 1030. The lowest BCUT2D eigenvalue weighted by Crippen LogP contribution is -2.40. The van der Waals surface area contributed by atoms with Gasteiger partial charge in [-0.15, -0.1) is 11.3 Å². The number of thiazole rings is 1. The van der Waals surface area contributed by atoms with Gasteiger partial charge in [0.15, 0.2) is 0 Å². The van der Waals surface area contributed by atoms with Crippen molar-refractivity contribution in [2.45, 2.75) is 38.7 Å². The molecule has 0 aliphatic carbocycles. The normalized spacial score (nSPS) is 13.8. The summed E-state index contributed by atoms with van der Waals surface area (Å²) in [6.45, 7) is 3.66. The first-order valence-electron chi connectivity index (χ1n) is 9.42.